The summed E-state index contributed by atoms with van der Waals surface area (Å²) < 4.78 is 3.01. The maximum atomic E-state index is 4.07. The smallest absolute Gasteiger partial charge is 0.127 e. The van der Waals surface area contributed by atoms with Crippen molar-refractivity contribution < 1.29 is 4.68 Å². The van der Waals surface area contributed by atoms with E-state index < -0.39 is 0 Å². The van der Waals surface area contributed by atoms with Crippen LogP contribution in [0.3, 0.4) is 0 Å². The fourth-order valence-electron chi connectivity index (χ4n) is 1.50. The van der Waals surface area contributed by atoms with Crippen LogP contribution in [-0.4, -0.2) is 15.1 Å². The predicted molar refractivity (Wildman–Crippen MR) is 64.2 cm³/mol. The van der Waals surface area contributed by atoms with Crippen LogP contribution >= 0.6 is 15.9 Å². The molecule has 0 N–H and O–H groups in total. The Morgan fingerprint density at radius 2 is 2.31 bits per heavy atom. The number of nitrogens with zero attached hydrogens (tertiary/aromatic N) is 4. The number of aryl methyl sites for hydroxylation is 1. The third kappa shape index (κ3) is 2.47. The highest BCUT2D eigenvalue weighted by Crippen LogP contribution is 2.10. The Balaban J connectivity index is 2.29. The van der Waals surface area contributed by atoms with Crippen LogP contribution in [0.2, 0.25) is 0 Å². The van der Waals surface area contributed by atoms with Gasteiger partial charge in [0.25, 0.3) is 6.33 Å². The Morgan fingerprint density at radius 3 is 3.06 bits per heavy atom. The zero-order chi connectivity index (χ0) is 11.4. The van der Waals surface area contributed by atoms with Gasteiger partial charge in [-0.2, -0.15) is 0 Å². The van der Waals surface area contributed by atoms with E-state index in [0.29, 0.717) is 0 Å². The number of unbranched alkanes of at least 4 members (excludes halogenated alkanes) is 1. The van der Waals surface area contributed by atoms with Crippen molar-refractivity contribution >= 4 is 15.9 Å². The van der Waals surface area contributed by atoms with Gasteiger partial charge in [0.05, 0.1) is 6.54 Å². The maximum absolute atomic E-state index is 4.07. The van der Waals surface area contributed by atoms with Gasteiger partial charge in [0.1, 0.15) is 10.8 Å². The molecular weight excluding hydrogens is 268 g/mol. The van der Waals surface area contributed by atoms with E-state index in [-0.39, 0.29) is 0 Å². The Kier molecular flexibility index (Phi) is 3.66. The van der Waals surface area contributed by atoms with Crippen LogP contribution in [0.4, 0.5) is 0 Å². The van der Waals surface area contributed by atoms with Gasteiger partial charge in [0.15, 0.2) is 5.21 Å². The van der Waals surface area contributed by atoms with Crippen molar-refractivity contribution in [2.75, 3.05) is 0 Å². The van der Waals surface area contributed by atoms with Crippen LogP contribution in [0.15, 0.2) is 35.1 Å². The average Bonchev–Trinajstić information content (AvgIpc) is 2.74. The molecule has 2 rings (SSSR count). The molecule has 84 valence electrons. The molecule has 16 heavy (non-hydrogen) atoms. The van der Waals surface area contributed by atoms with Crippen LogP contribution in [0, 0.1) is 0 Å². The van der Waals surface area contributed by atoms with Crippen molar-refractivity contribution in [3.05, 3.63) is 35.1 Å². The Labute approximate surface area is 103 Å². The Bertz CT molecular complexity index is 467. The molecule has 0 aliphatic heterocycles. The van der Waals surface area contributed by atoms with E-state index in [4.69, 9.17) is 0 Å². The lowest BCUT2D eigenvalue weighted by Crippen LogP contribution is -2.40. The largest absolute Gasteiger partial charge is 0.293 e. The molecule has 1 aromatic heterocycles. The van der Waals surface area contributed by atoms with Crippen molar-refractivity contribution in [2.24, 2.45) is 0 Å². The van der Waals surface area contributed by atoms with E-state index in [0.717, 1.165) is 29.5 Å². The molecule has 0 aliphatic rings. The topological polar surface area (TPSA) is 34.6 Å². The molecule has 4 nitrogen and oxygen atoms in total. The fourth-order valence-corrected chi connectivity index (χ4v) is 1.89. The molecule has 1 aromatic carbocycles. The molecule has 0 saturated carbocycles. The minimum absolute atomic E-state index is 0.892. The first-order chi connectivity index (χ1) is 7.81. The maximum Gasteiger partial charge on any atom is 0.293 e. The van der Waals surface area contributed by atoms with Gasteiger partial charge in [-0.15, -0.1) is 4.68 Å². The average molecular weight is 282 g/mol. The number of rotatable bonds is 4. The quantitative estimate of drug-likeness (QED) is 0.805. The zero-order valence-corrected chi connectivity index (χ0v) is 10.8. The molecule has 0 amide bonds. The molecular formula is C11H14BrN4+. The molecule has 0 aliphatic carbocycles. The molecule has 2 aromatic rings. The lowest BCUT2D eigenvalue weighted by Gasteiger charge is -2.01. The standard InChI is InChI=1S/C11H14BrN4/c1-2-3-7-16-14-13-9-15(16)11-6-4-5-10(12)8-11/h4-6,8-9H,2-3,7H2,1H3/q+1. The van der Waals surface area contributed by atoms with Crippen LogP contribution in [0.25, 0.3) is 5.69 Å². The van der Waals surface area contributed by atoms with Crippen LogP contribution < -0.4 is 4.68 Å². The summed E-state index contributed by atoms with van der Waals surface area (Å²) >= 11 is 3.46. The van der Waals surface area contributed by atoms with E-state index >= 15 is 0 Å². The SMILES string of the molecule is CCCCn1nnc[n+]1-c1cccc(Br)c1. The molecule has 0 spiro atoms. The lowest BCUT2D eigenvalue weighted by molar-refractivity contribution is -0.691. The van der Waals surface area contributed by atoms with Crippen molar-refractivity contribution in [1.29, 1.82) is 0 Å². The van der Waals surface area contributed by atoms with Gasteiger partial charge in [-0.25, -0.2) is 0 Å². The van der Waals surface area contributed by atoms with E-state index in [1.165, 1.54) is 0 Å². The molecule has 0 radical (unpaired) electrons. The van der Waals surface area contributed by atoms with Gasteiger partial charge in [0, 0.05) is 4.47 Å². The van der Waals surface area contributed by atoms with Gasteiger partial charge in [-0.1, -0.05) is 40.1 Å². The number of hydrogen-bond donors (Lipinski definition) is 0. The minimum Gasteiger partial charge on any atom is -0.127 e. The number of hydrogen-bond acceptors (Lipinski definition) is 2. The summed E-state index contributed by atoms with van der Waals surface area (Å²) in [5.74, 6) is 0. The fraction of sp³-hybridized carbons (Fsp3) is 0.364. The highest BCUT2D eigenvalue weighted by molar-refractivity contribution is 9.10. The second-order valence-electron chi connectivity index (χ2n) is 3.59. The number of tetrazole rings is 1. The van der Waals surface area contributed by atoms with Crippen molar-refractivity contribution in [3.8, 4) is 5.69 Å². The monoisotopic (exact) mass is 281 g/mol. The van der Waals surface area contributed by atoms with E-state index in [1.807, 2.05) is 33.7 Å². The summed E-state index contributed by atoms with van der Waals surface area (Å²) in [7, 11) is 0. The Hall–Kier alpha value is -1.23. The second kappa shape index (κ2) is 5.21. The summed E-state index contributed by atoms with van der Waals surface area (Å²) in [5.41, 5.74) is 1.07. The summed E-state index contributed by atoms with van der Waals surface area (Å²) in [4.78, 5) is 1.88. The summed E-state index contributed by atoms with van der Waals surface area (Å²) in [6.07, 6.45) is 3.99. The van der Waals surface area contributed by atoms with Crippen molar-refractivity contribution in [2.45, 2.75) is 26.3 Å². The summed E-state index contributed by atoms with van der Waals surface area (Å²) in [6.45, 7) is 3.06. The molecule has 1 heterocycles. The van der Waals surface area contributed by atoms with Crippen LogP contribution in [0.5, 0.6) is 0 Å². The lowest BCUT2D eigenvalue weighted by atomic mass is 10.3. The molecule has 0 atom stereocenters. The first-order valence-electron chi connectivity index (χ1n) is 5.37. The molecule has 5 heteroatoms. The van der Waals surface area contributed by atoms with Gasteiger partial charge < -0.3 is 0 Å². The zero-order valence-electron chi connectivity index (χ0n) is 9.17. The van der Waals surface area contributed by atoms with Crippen molar-refractivity contribution in [1.82, 2.24) is 15.1 Å². The number of aromatic nitrogens is 4. The van der Waals surface area contributed by atoms with Gasteiger partial charge in [-0.05, 0) is 24.6 Å². The molecule has 0 bridgehead atoms. The van der Waals surface area contributed by atoms with Gasteiger partial charge in [-0.3, -0.25) is 0 Å². The van der Waals surface area contributed by atoms with Gasteiger partial charge >= 0.3 is 0 Å². The first kappa shape index (κ1) is 11.3. The molecule has 0 unspecified atom stereocenters. The first-order valence-corrected chi connectivity index (χ1v) is 6.17. The Morgan fingerprint density at radius 1 is 1.44 bits per heavy atom. The van der Waals surface area contributed by atoms with Crippen LogP contribution in [0.1, 0.15) is 19.8 Å². The number of benzene rings is 1. The summed E-state index contributed by atoms with van der Waals surface area (Å²) in [6, 6.07) is 8.09. The third-order valence-corrected chi connectivity index (χ3v) is 2.84. The van der Waals surface area contributed by atoms with Crippen LogP contribution in [-0.2, 0) is 6.54 Å². The van der Waals surface area contributed by atoms with E-state index in [9.17, 15) is 0 Å². The number of halogens is 1. The highest BCUT2D eigenvalue weighted by Gasteiger charge is 2.11. The molecule has 0 saturated heterocycles. The normalized spacial score (nSPS) is 10.6. The third-order valence-electron chi connectivity index (χ3n) is 2.35. The predicted octanol–water partition coefficient (Wildman–Crippen LogP) is 2.12. The van der Waals surface area contributed by atoms with Gasteiger partial charge in [0.2, 0.25) is 0 Å². The minimum atomic E-state index is 0.892. The summed E-state index contributed by atoms with van der Waals surface area (Å²) in [5, 5.41) is 8.02. The van der Waals surface area contributed by atoms with E-state index in [1.54, 1.807) is 6.33 Å². The van der Waals surface area contributed by atoms with E-state index in [2.05, 4.69) is 33.2 Å². The molecule has 0 fully saturated rings. The van der Waals surface area contributed by atoms with Crippen molar-refractivity contribution in [3.63, 3.8) is 0 Å². The second-order valence-corrected chi connectivity index (χ2v) is 4.51. The highest BCUT2D eigenvalue weighted by atomic mass is 79.9.